The molecule has 0 fully saturated rings. The lowest BCUT2D eigenvalue weighted by atomic mass is 10.2. The fraction of sp³-hybridized carbons (Fsp3) is 0.143. The Morgan fingerprint density at radius 1 is 1.09 bits per heavy atom. The number of aromatic hydroxyl groups is 1. The Balaban J connectivity index is 1.61. The fourth-order valence-corrected chi connectivity index (χ4v) is 3.76. The molecule has 32 heavy (non-hydrogen) atoms. The average Bonchev–Trinajstić information content (AvgIpc) is 3.28. The minimum atomic E-state index is -0.292. The molecule has 0 saturated carbocycles. The Kier molecular flexibility index (Phi) is 5.90. The highest BCUT2D eigenvalue weighted by Crippen LogP contribution is 2.39. The molecule has 0 aliphatic carbocycles. The monoisotopic (exact) mass is 449 g/mol. The Morgan fingerprint density at radius 2 is 1.91 bits per heavy atom. The van der Waals surface area contributed by atoms with Crippen molar-refractivity contribution in [3.8, 4) is 5.88 Å². The van der Waals surface area contributed by atoms with Crippen LogP contribution < -0.4 is 10.6 Å². The number of nitrogens with zero attached hydrogens (tertiary/aromatic N) is 5. The minimum absolute atomic E-state index is 0.110. The highest BCUT2D eigenvalue weighted by Gasteiger charge is 2.19. The maximum Gasteiger partial charge on any atom is 0.253 e. The molecule has 0 spiro atoms. The Labute approximate surface area is 186 Å². The molecule has 0 unspecified atom stereocenters. The molecule has 2 aromatic carbocycles. The Bertz CT molecular complexity index is 1340. The number of carbonyl (C=O) groups excluding carboxylic acids is 2. The topological polar surface area (TPSA) is 134 Å². The molecule has 0 atom stereocenters. The highest BCUT2D eigenvalue weighted by molar-refractivity contribution is 7.18. The fourth-order valence-electron chi connectivity index (χ4n) is 3.15. The van der Waals surface area contributed by atoms with Crippen LogP contribution in [0.2, 0.25) is 0 Å². The summed E-state index contributed by atoms with van der Waals surface area (Å²) < 4.78 is 1.47. The zero-order valence-electron chi connectivity index (χ0n) is 17.2. The van der Waals surface area contributed by atoms with Crippen molar-refractivity contribution in [3.63, 3.8) is 0 Å². The van der Waals surface area contributed by atoms with Gasteiger partial charge in [0.15, 0.2) is 5.69 Å². The van der Waals surface area contributed by atoms with Crippen LogP contribution in [0.15, 0.2) is 58.8 Å². The first-order valence-corrected chi connectivity index (χ1v) is 10.4. The number of benzene rings is 2. The third-order valence-electron chi connectivity index (χ3n) is 4.45. The molecule has 0 radical (unpaired) electrons. The molecule has 2 amide bonds. The molecule has 10 nitrogen and oxygen atoms in total. The smallest absolute Gasteiger partial charge is 0.253 e. The zero-order chi connectivity index (χ0) is 22.7. The van der Waals surface area contributed by atoms with E-state index in [2.05, 4.69) is 31.1 Å². The number of anilines is 2. The van der Waals surface area contributed by atoms with E-state index < -0.39 is 0 Å². The van der Waals surface area contributed by atoms with Gasteiger partial charge in [-0.05, 0) is 30.7 Å². The number of hydrogen-bond acceptors (Lipinski definition) is 8. The number of aryl methyl sites for hydroxylation is 1. The first kappa shape index (κ1) is 21.1. The number of nitrogens with one attached hydrogen (secondary N) is 2. The number of para-hydroxylation sites is 1. The quantitative estimate of drug-likeness (QED) is 0.372. The third-order valence-corrected chi connectivity index (χ3v) is 5.18. The molecule has 162 valence electrons. The maximum absolute atomic E-state index is 12.6. The second-order valence-electron chi connectivity index (χ2n) is 6.96. The summed E-state index contributed by atoms with van der Waals surface area (Å²) in [4.78, 5) is 23.7. The first-order chi connectivity index (χ1) is 15.4. The van der Waals surface area contributed by atoms with Crippen LogP contribution in [-0.4, -0.2) is 31.7 Å². The van der Waals surface area contributed by atoms with Crippen LogP contribution in [0.3, 0.4) is 0 Å². The van der Waals surface area contributed by atoms with Crippen molar-refractivity contribution in [2.75, 3.05) is 10.6 Å². The molecule has 3 N–H and O–H groups in total. The van der Waals surface area contributed by atoms with Crippen LogP contribution in [0.25, 0.3) is 10.9 Å². The van der Waals surface area contributed by atoms with Crippen molar-refractivity contribution >= 4 is 55.7 Å². The molecular formula is C21H19N7O3S. The number of hydrogen-bond donors (Lipinski definition) is 3. The molecule has 0 aliphatic rings. The van der Waals surface area contributed by atoms with Gasteiger partial charge in [-0.25, -0.2) is 0 Å². The Morgan fingerprint density at radius 3 is 2.69 bits per heavy atom. The van der Waals surface area contributed by atoms with Gasteiger partial charge in [-0.15, -0.1) is 20.4 Å². The van der Waals surface area contributed by atoms with Crippen LogP contribution >= 0.6 is 11.3 Å². The molecule has 0 bridgehead atoms. The van der Waals surface area contributed by atoms with E-state index >= 15 is 0 Å². The summed E-state index contributed by atoms with van der Waals surface area (Å²) in [6, 6.07) is 14.6. The summed E-state index contributed by atoms with van der Waals surface area (Å²) in [5.74, 6) is -0.755. The van der Waals surface area contributed by atoms with Crippen LogP contribution in [0, 0.1) is 6.92 Å². The summed E-state index contributed by atoms with van der Waals surface area (Å²) in [7, 11) is 0. The Hall–Kier alpha value is -4.12. The second kappa shape index (κ2) is 8.94. The average molecular weight is 449 g/mol. The van der Waals surface area contributed by atoms with E-state index in [9.17, 15) is 14.7 Å². The molecular weight excluding hydrogens is 430 g/mol. The second-order valence-corrected chi connectivity index (χ2v) is 7.92. The molecule has 0 aliphatic heterocycles. The lowest BCUT2D eigenvalue weighted by molar-refractivity contribution is -0.117. The van der Waals surface area contributed by atoms with Crippen LogP contribution in [-0.2, 0) is 16.1 Å². The van der Waals surface area contributed by atoms with Gasteiger partial charge in [-0.3, -0.25) is 9.59 Å². The van der Waals surface area contributed by atoms with E-state index in [-0.39, 0.29) is 35.1 Å². The predicted molar refractivity (Wildman–Crippen MR) is 122 cm³/mol. The number of aromatic nitrogens is 3. The number of azo groups is 1. The lowest BCUT2D eigenvalue weighted by Gasteiger charge is -2.09. The summed E-state index contributed by atoms with van der Waals surface area (Å²) in [6.45, 7) is 3.20. The van der Waals surface area contributed by atoms with Gasteiger partial charge in [0.25, 0.3) is 5.13 Å². The largest absolute Gasteiger partial charge is 0.493 e. The lowest BCUT2D eigenvalue weighted by Crippen LogP contribution is -2.18. The van der Waals surface area contributed by atoms with Crippen LogP contribution in [0.5, 0.6) is 5.88 Å². The number of fused-ring (bicyclic) bond motifs is 1. The van der Waals surface area contributed by atoms with E-state index in [0.717, 1.165) is 16.9 Å². The molecule has 2 heterocycles. The molecule has 4 rings (SSSR count). The first-order valence-electron chi connectivity index (χ1n) is 9.60. The van der Waals surface area contributed by atoms with Crippen molar-refractivity contribution in [1.82, 2.24) is 14.8 Å². The van der Waals surface area contributed by atoms with Gasteiger partial charge in [-0.2, -0.15) is 0 Å². The zero-order valence-corrected chi connectivity index (χ0v) is 18.1. The van der Waals surface area contributed by atoms with Gasteiger partial charge < -0.3 is 20.3 Å². The normalized spacial score (nSPS) is 11.2. The van der Waals surface area contributed by atoms with Crippen LogP contribution in [0.1, 0.15) is 12.5 Å². The SMILES string of the molecule is CC(=O)Nc1nnc(N=Nc2c(O)n(CC(=O)Nc3cccc(C)c3)c3ccccc23)s1. The van der Waals surface area contributed by atoms with Crippen molar-refractivity contribution in [3.05, 3.63) is 54.1 Å². The summed E-state index contributed by atoms with van der Waals surface area (Å²) >= 11 is 1.04. The maximum atomic E-state index is 12.6. The van der Waals surface area contributed by atoms with Gasteiger partial charge in [0.1, 0.15) is 6.54 Å². The predicted octanol–water partition coefficient (Wildman–Crippen LogP) is 4.52. The van der Waals surface area contributed by atoms with Crippen molar-refractivity contribution in [2.24, 2.45) is 10.2 Å². The molecule has 0 saturated heterocycles. The van der Waals surface area contributed by atoms with Gasteiger partial charge >= 0.3 is 0 Å². The number of rotatable bonds is 6. The number of amides is 2. The van der Waals surface area contributed by atoms with Gasteiger partial charge in [-0.1, -0.05) is 41.7 Å². The van der Waals surface area contributed by atoms with E-state index in [0.29, 0.717) is 21.7 Å². The van der Waals surface area contributed by atoms with E-state index in [1.807, 2.05) is 31.2 Å². The summed E-state index contributed by atoms with van der Waals surface area (Å²) in [6.07, 6.45) is 0. The van der Waals surface area contributed by atoms with E-state index in [1.165, 1.54) is 11.5 Å². The summed E-state index contributed by atoms with van der Waals surface area (Å²) in [5, 5.41) is 33.1. The van der Waals surface area contributed by atoms with Gasteiger partial charge in [0.05, 0.1) is 5.52 Å². The van der Waals surface area contributed by atoms with Crippen molar-refractivity contribution < 1.29 is 14.7 Å². The number of carbonyl (C=O) groups is 2. The van der Waals surface area contributed by atoms with Gasteiger partial charge in [0.2, 0.25) is 22.8 Å². The standard InChI is InChI=1S/C21H19N7O3S/c1-12-6-5-7-14(10-12)23-17(30)11-28-16-9-4-3-8-15(16)18(19(28)31)24-26-21-27-25-20(32-21)22-13(2)29/h3-10,31H,11H2,1-2H3,(H,23,30)(H,22,25,29). The summed E-state index contributed by atoms with van der Waals surface area (Å²) in [5.41, 5.74) is 2.55. The van der Waals surface area contributed by atoms with Crippen molar-refractivity contribution in [1.29, 1.82) is 0 Å². The molecule has 4 aromatic rings. The highest BCUT2D eigenvalue weighted by atomic mass is 32.1. The van der Waals surface area contributed by atoms with Crippen molar-refractivity contribution in [2.45, 2.75) is 20.4 Å². The third kappa shape index (κ3) is 4.62. The molecule has 11 heteroatoms. The minimum Gasteiger partial charge on any atom is -0.493 e. The molecule has 2 aromatic heterocycles. The van der Waals surface area contributed by atoms with Crippen LogP contribution in [0.4, 0.5) is 21.6 Å². The van der Waals surface area contributed by atoms with E-state index in [1.54, 1.807) is 24.3 Å². The van der Waals surface area contributed by atoms with E-state index in [4.69, 9.17) is 0 Å². The van der Waals surface area contributed by atoms with Gasteiger partial charge in [0, 0.05) is 18.0 Å².